The van der Waals surface area contributed by atoms with Crippen LogP contribution in [-0.2, 0) is 4.74 Å². The predicted octanol–water partition coefficient (Wildman–Crippen LogP) is 1.57. The molecule has 1 saturated heterocycles. The molecule has 2 aromatic rings. The molecule has 0 bridgehead atoms. The van der Waals surface area contributed by atoms with E-state index in [0.29, 0.717) is 13.1 Å². The van der Waals surface area contributed by atoms with Gasteiger partial charge in [-0.25, -0.2) is 4.79 Å². The van der Waals surface area contributed by atoms with Crippen molar-refractivity contribution in [3.05, 3.63) is 63.6 Å². The Balaban J connectivity index is 1.74. The summed E-state index contributed by atoms with van der Waals surface area (Å²) in [7, 11) is 1.15. The van der Waals surface area contributed by atoms with Crippen molar-refractivity contribution in [2.45, 2.75) is 0 Å². The van der Waals surface area contributed by atoms with Crippen molar-refractivity contribution in [2.75, 3.05) is 33.3 Å². The van der Waals surface area contributed by atoms with Crippen molar-refractivity contribution < 1.29 is 28.5 Å². The van der Waals surface area contributed by atoms with E-state index >= 15 is 0 Å². The number of ether oxygens (including phenoxy) is 1. The van der Waals surface area contributed by atoms with Gasteiger partial charge in [-0.15, -0.1) is 0 Å². The number of esters is 1. The molecule has 0 spiro atoms. The number of amides is 2. The van der Waals surface area contributed by atoms with Gasteiger partial charge in [0, 0.05) is 43.9 Å². The second kappa shape index (κ2) is 7.91. The van der Waals surface area contributed by atoms with Crippen LogP contribution in [0.15, 0.2) is 41.0 Å². The standard InChI is InChI=1S/C18H17N3O7/c1-27-18(24)13-9-12(10-14(11-13)21(25)26)16(22)19-4-6-20(7-5-19)17(23)15-3-2-8-28-15/h2-3,8-11H,4-7H2,1H3. The Morgan fingerprint density at radius 1 is 1.04 bits per heavy atom. The van der Waals surface area contributed by atoms with Crippen LogP contribution in [0.3, 0.4) is 0 Å². The van der Waals surface area contributed by atoms with Gasteiger partial charge in [0.15, 0.2) is 5.76 Å². The molecule has 146 valence electrons. The van der Waals surface area contributed by atoms with Crippen molar-refractivity contribution in [1.29, 1.82) is 0 Å². The van der Waals surface area contributed by atoms with E-state index in [1.54, 1.807) is 17.0 Å². The molecule has 10 heteroatoms. The van der Waals surface area contributed by atoms with Crippen molar-refractivity contribution in [2.24, 2.45) is 0 Å². The van der Waals surface area contributed by atoms with E-state index in [-0.39, 0.29) is 41.6 Å². The molecule has 0 aliphatic carbocycles. The highest BCUT2D eigenvalue weighted by atomic mass is 16.6. The second-order valence-electron chi connectivity index (χ2n) is 6.08. The summed E-state index contributed by atoms with van der Waals surface area (Å²) in [6, 6.07) is 6.63. The largest absolute Gasteiger partial charge is 0.465 e. The average molecular weight is 387 g/mol. The first kappa shape index (κ1) is 19.1. The molecule has 1 aromatic carbocycles. The summed E-state index contributed by atoms with van der Waals surface area (Å²) in [5.74, 6) is -1.27. The SMILES string of the molecule is COC(=O)c1cc(C(=O)N2CCN(C(=O)c3ccco3)CC2)cc([N+](=O)[O-])c1. The molecule has 0 N–H and O–H groups in total. The van der Waals surface area contributed by atoms with Crippen LogP contribution in [0.5, 0.6) is 0 Å². The zero-order valence-electron chi connectivity index (χ0n) is 15.0. The molecular formula is C18H17N3O7. The summed E-state index contributed by atoms with van der Waals surface area (Å²) in [5, 5.41) is 11.1. The number of methoxy groups -OCH3 is 1. The lowest BCUT2D eigenvalue weighted by atomic mass is 10.1. The van der Waals surface area contributed by atoms with Crippen LogP contribution in [0.25, 0.3) is 0 Å². The molecular weight excluding hydrogens is 370 g/mol. The van der Waals surface area contributed by atoms with E-state index in [0.717, 1.165) is 19.2 Å². The fourth-order valence-electron chi connectivity index (χ4n) is 2.93. The van der Waals surface area contributed by atoms with Gasteiger partial charge < -0.3 is 19.0 Å². The predicted molar refractivity (Wildman–Crippen MR) is 95.0 cm³/mol. The Labute approximate surface area is 159 Å². The highest BCUT2D eigenvalue weighted by Crippen LogP contribution is 2.20. The number of carbonyl (C=O) groups is 3. The van der Waals surface area contributed by atoms with Gasteiger partial charge in [-0.05, 0) is 18.2 Å². The normalized spacial score (nSPS) is 13.9. The van der Waals surface area contributed by atoms with E-state index in [9.17, 15) is 24.5 Å². The van der Waals surface area contributed by atoms with Crippen molar-refractivity contribution in [3.8, 4) is 0 Å². The van der Waals surface area contributed by atoms with Gasteiger partial charge >= 0.3 is 5.97 Å². The Hall–Kier alpha value is -3.69. The summed E-state index contributed by atoms with van der Waals surface area (Å²) in [6.07, 6.45) is 1.41. The molecule has 1 aliphatic heterocycles. The third kappa shape index (κ3) is 3.85. The maximum absolute atomic E-state index is 12.8. The first-order valence-electron chi connectivity index (χ1n) is 8.40. The number of carbonyl (C=O) groups excluding carboxylic acids is 3. The number of nitrogens with zero attached hydrogens (tertiary/aromatic N) is 3. The van der Waals surface area contributed by atoms with E-state index < -0.39 is 16.8 Å². The van der Waals surface area contributed by atoms with Crippen LogP contribution in [0.1, 0.15) is 31.3 Å². The summed E-state index contributed by atoms with van der Waals surface area (Å²) in [4.78, 5) is 50.3. The Morgan fingerprint density at radius 2 is 1.64 bits per heavy atom. The van der Waals surface area contributed by atoms with Crippen LogP contribution in [0.2, 0.25) is 0 Å². The van der Waals surface area contributed by atoms with Crippen LogP contribution < -0.4 is 0 Å². The number of nitro groups is 1. The van der Waals surface area contributed by atoms with E-state index in [4.69, 9.17) is 4.42 Å². The van der Waals surface area contributed by atoms with Gasteiger partial charge in [-0.3, -0.25) is 19.7 Å². The molecule has 0 saturated carbocycles. The number of piperazine rings is 1. The molecule has 1 fully saturated rings. The molecule has 2 heterocycles. The topological polar surface area (TPSA) is 123 Å². The monoisotopic (exact) mass is 387 g/mol. The van der Waals surface area contributed by atoms with Crippen LogP contribution in [-0.4, -0.2) is 65.8 Å². The summed E-state index contributed by atoms with van der Waals surface area (Å²) >= 11 is 0. The highest BCUT2D eigenvalue weighted by Gasteiger charge is 2.28. The fourth-order valence-corrected chi connectivity index (χ4v) is 2.93. The summed E-state index contributed by atoms with van der Waals surface area (Å²) in [6.45, 7) is 1.09. The quantitative estimate of drug-likeness (QED) is 0.443. The van der Waals surface area contributed by atoms with Gasteiger partial charge in [-0.2, -0.15) is 0 Å². The molecule has 2 amide bonds. The van der Waals surface area contributed by atoms with Crippen molar-refractivity contribution >= 4 is 23.5 Å². The average Bonchev–Trinajstić information content (AvgIpc) is 3.26. The van der Waals surface area contributed by atoms with Gasteiger partial charge in [0.1, 0.15) is 0 Å². The second-order valence-corrected chi connectivity index (χ2v) is 6.08. The lowest BCUT2D eigenvalue weighted by Gasteiger charge is -2.34. The number of hydrogen-bond acceptors (Lipinski definition) is 7. The number of benzene rings is 1. The maximum Gasteiger partial charge on any atom is 0.338 e. The zero-order chi connectivity index (χ0) is 20.3. The molecule has 28 heavy (non-hydrogen) atoms. The minimum atomic E-state index is -0.772. The Kier molecular flexibility index (Phi) is 5.39. The number of rotatable bonds is 4. The van der Waals surface area contributed by atoms with Crippen molar-refractivity contribution in [3.63, 3.8) is 0 Å². The van der Waals surface area contributed by atoms with Crippen LogP contribution >= 0.6 is 0 Å². The van der Waals surface area contributed by atoms with E-state index in [1.165, 1.54) is 17.2 Å². The van der Waals surface area contributed by atoms with Crippen LogP contribution in [0, 0.1) is 10.1 Å². The lowest BCUT2D eigenvalue weighted by Crippen LogP contribution is -2.50. The number of furan rings is 1. The molecule has 1 aliphatic rings. The third-order valence-electron chi connectivity index (χ3n) is 4.38. The molecule has 0 radical (unpaired) electrons. The fraction of sp³-hybridized carbons (Fsp3) is 0.278. The first-order chi connectivity index (χ1) is 13.4. The van der Waals surface area contributed by atoms with Crippen LogP contribution in [0.4, 0.5) is 5.69 Å². The maximum atomic E-state index is 12.8. The first-order valence-corrected chi connectivity index (χ1v) is 8.40. The Bertz CT molecular complexity index is 915. The van der Waals surface area contributed by atoms with Gasteiger partial charge in [0.05, 0.1) is 23.9 Å². The molecule has 0 unspecified atom stereocenters. The Morgan fingerprint density at radius 3 is 2.18 bits per heavy atom. The number of hydrogen-bond donors (Lipinski definition) is 0. The van der Waals surface area contributed by atoms with Gasteiger partial charge in [0.2, 0.25) is 0 Å². The third-order valence-corrected chi connectivity index (χ3v) is 4.38. The molecule has 10 nitrogen and oxygen atoms in total. The smallest absolute Gasteiger partial charge is 0.338 e. The summed E-state index contributed by atoms with van der Waals surface area (Å²) < 4.78 is 9.68. The molecule has 0 atom stereocenters. The lowest BCUT2D eigenvalue weighted by molar-refractivity contribution is -0.384. The summed E-state index contributed by atoms with van der Waals surface area (Å²) in [5.41, 5.74) is -0.440. The highest BCUT2D eigenvalue weighted by molar-refractivity contribution is 5.99. The van der Waals surface area contributed by atoms with E-state index in [1.807, 2.05) is 0 Å². The zero-order valence-corrected chi connectivity index (χ0v) is 15.0. The molecule has 1 aromatic heterocycles. The molecule has 3 rings (SSSR count). The number of nitro benzene ring substituents is 1. The van der Waals surface area contributed by atoms with E-state index in [2.05, 4.69) is 4.74 Å². The number of non-ortho nitro benzene ring substituents is 1. The van der Waals surface area contributed by atoms with Gasteiger partial charge in [-0.1, -0.05) is 0 Å². The van der Waals surface area contributed by atoms with Crippen molar-refractivity contribution in [1.82, 2.24) is 9.80 Å². The van der Waals surface area contributed by atoms with Gasteiger partial charge in [0.25, 0.3) is 17.5 Å². The minimum absolute atomic E-state index is 0.0143. The minimum Gasteiger partial charge on any atom is -0.465 e.